The lowest BCUT2D eigenvalue weighted by Crippen LogP contribution is -2.34. The fraction of sp³-hybridized carbons (Fsp3) is 0.273. The lowest BCUT2D eigenvalue weighted by molar-refractivity contribution is -0.125. The molecule has 0 aromatic heterocycles. The Kier molecular flexibility index (Phi) is 4.02. The fourth-order valence-corrected chi connectivity index (χ4v) is 1.14. The Bertz CT molecular complexity index is 387. The molecule has 86 valence electrons. The molecule has 1 atom stereocenters. The van der Waals surface area contributed by atoms with Crippen molar-refractivity contribution >= 4 is 17.4 Å². The second-order valence-corrected chi connectivity index (χ2v) is 3.43. The molecule has 0 saturated heterocycles. The molecule has 5 nitrogen and oxygen atoms in total. The first-order valence-electron chi connectivity index (χ1n) is 4.83. The average Bonchev–Trinajstić information content (AvgIpc) is 2.26. The third-order valence-corrected chi connectivity index (χ3v) is 2.12. The number of amides is 1. The first kappa shape index (κ1) is 12.2. The standard InChI is InChI=1S/C11H14N2O3/c1-7(14)8-2-4-9(5-3-8)13-6-10(15)11(12)16/h2-5,10,13,15H,6H2,1H3,(H2,12,16). The van der Waals surface area contributed by atoms with Gasteiger partial charge in [0.2, 0.25) is 5.91 Å². The van der Waals surface area contributed by atoms with Crippen LogP contribution in [0.25, 0.3) is 0 Å². The number of aliphatic hydroxyl groups excluding tert-OH is 1. The van der Waals surface area contributed by atoms with Crippen LogP contribution >= 0.6 is 0 Å². The van der Waals surface area contributed by atoms with Crippen LogP contribution in [0.5, 0.6) is 0 Å². The highest BCUT2D eigenvalue weighted by Gasteiger charge is 2.09. The fourth-order valence-electron chi connectivity index (χ4n) is 1.14. The summed E-state index contributed by atoms with van der Waals surface area (Å²) in [4.78, 5) is 21.5. The molecule has 0 saturated carbocycles. The predicted octanol–water partition coefficient (Wildman–Crippen LogP) is 0.147. The van der Waals surface area contributed by atoms with Crippen molar-refractivity contribution < 1.29 is 14.7 Å². The Morgan fingerprint density at radius 2 is 1.94 bits per heavy atom. The van der Waals surface area contributed by atoms with Gasteiger partial charge in [0.05, 0.1) is 0 Å². The third kappa shape index (κ3) is 3.36. The molecule has 0 aliphatic carbocycles. The lowest BCUT2D eigenvalue weighted by atomic mass is 10.1. The van der Waals surface area contributed by atoms with Gasteiger partial charge in [-0.15, -0.1) is 0 Å². The van der Waals surface area contributed by atoms with E-state index in [9.17, 15) is 9.59 Å². The maximum atomic E-state index is 11.0. The Morgan fingerprint density at radius 1 is 1.38 bits per heavy atom. The number of anilines is 1. The van der Waals surface area contributed by atoms with Gasteiger partial charge in [-0.2, -0.15) is 0 Å². The van der Waals surface area contributed by atoms with E-state index in [1.165, 1.54) is 6.92 Å². The minimum absolute atomic E-state index is 0.0104. The van der Waals surface area contributed by atoms with E-state index in [2.05, 4.69) is 5.32 Å². The van der Waals surface area contributed by atoms with Gasteiger partial charge in [-0.05, 0) is 31.2 Å². The molecule has 1 aromatic carbocycles. The Morgan fingerprint density at radius 3 is 2.38 bits per heavy atom. The van der Waals surface area contributed by atoms with Crippen LogP contribution < -0.4 is 11.1 Å². The van der Waals surface area contributed by atoms with Crippen molar-refractivity contribution in [2.45, 2.75) is 13.0 Å². The molecule has 5 heteroatoms. The number of aliphatic hydroxyl groups is 1. The topological polar surface area (TPSA) is 92.4 Å². The van der Waals surface area contributed by atoms with Gasteiger partial charge in [0.1, 0.15) is 6.10 Å². The van der Waals surface area contributed by atoms with Gasteiger partial charge in [-0.3, -0.25) is 9.59 Å². The SMILES string of the molecule is CC(=O)c1ccc(NCC(O)C(N)=O)cc1. The van der Waals surface area contributed by atoms with Crippen molar-refractivity contribution in [2.75, 3.05) is 11.9 Å². The summed E-state index contributed by atoms with van der Waals surface area (Å²) in [6.45, 7) is 1.54. The zero-order valence-corrected chi connectivity index (χ0v) is 8.93. The number of carbonyl (C=O) groups is 2. The van der Waals surface area contributed by atoms with Gasteiger partial charge in [0.25, 0.3) is 0 Å². The van der Waals surface area contributed by atoms with E-state index in [0.29, 0.717) is 11.3 Å². The lowest BCUT2D eigenvalue weighted by Gasteiger charge is -2.09. The summed E-state index contributed by atoms with van der Waals surface area (Å²) >= 11 is 0. The van der Waals surface area contributed by atoms with Crippen molar-refractivity contribution in [3.05, 3.63) is 29.8 Å². The quantitative estimate of drug-likeness (QED) is 0.618. The van der Waals surface area contributed by atoms with Crippen LogP contribution in [-0.2, 0) is 4.79 Å². The zero-order valence-electron chi connectivity index (χ0n) is 8.93. The molecule has 0 bridgehead atoms. The summed E-state index contributed by atoms with van der Waals surface area (Å²) in [6, 6.07) is 6.73. The number of ketones is 1. The van der Waals surface area contributed by atoms with Crippen molar-refractivity contribution in [3.63, 3.8) is 0 Å². The molecule has 1 unspecified atom stereocenters. The summed E-state index contributed by atoms with van der Waals surface area (Å²) < 4.78 is 0. The highest BCUT2D eigenvalue weighted by Crippen LogP contribution is 2.09. The molecule has 1 rings (SSSR count). The van der Waals surface area contributed by atoms with Crippen LogP contribution in [0.15, 0.2) is 24.3 Å². The van der Waals surface area contributed by atoms with Gasteiger partial charge in [-0.1, -0.05) is 0 Å². The molecule has 16 heavy (non-hydrogen) atoms. The molecule has 0 aliphatic rings. The van der Waals surface area contributed by atoms with Crippen LogP contribution in [-0.4, -0.2) is 29.4 Å². The smallest absolute Gasteiger partial charge is 0.248 e. The first-order chi connectivity index (χ1) is 7.50. The van der Waals surface area contributed by atoms with E-state index in [0.717, 1.165) is 0 Å². The number of hydrogen-bond donors (Lipinski definition) is 3. The molecule has 0 spiro atoms. The van der Waals surface area contributed by atoms with E-state index in [-0.39, 0.29) is 12.3 Å². The minimum Gasteiger partial charge on any atom is -0.382 e. The van der Waals surface area contributed by atoms with Crippen molar-refractivity contribution in [2.24, 2.45) is 5.73 Å². The van der Waals surface area contributed by atoms with E-state index in [4.69, 9.17) is 10.8 Å². The van der Waals surface area contributed by atoms with Crippen LogP contribution in [0.2, 0.25) is 0 Å². The van der Waals surface area contributed by atoms with Crippen molar-refractivity contribution in [3.8, 4) is 0 Å². The van der Waals surface area contributed by atoms with E-state index < -0.39 is 12.0 Å². The number of Topliss-reactive ketones (excluding diaryl/α,β-unsaturated/α-hetero) is 1. The van der Waals surface area contributed by atoms with E-state index in [1.54, 1.807) is 24.3 Å². The highest BCUT2D eigenvalue weighted by molar-refractivity contribution is 5.94. The van der Waals surface area contributed by atoms with Gasteiger partial charge in [0, 0.05) is 17.8 Å². The number of carbonyl (C=O) groups excluding carboxylic acids is 2. The molecule has 0 fully saturated rings. The third-order valence-electron chi connectivity index (χ3n) is 2.12. The monoisotopic (exact) mass is 222 g/mol. The van der Waals surface area contributed by atoms with Crippen molar-refractivity contribution in [1.29, 1.82) is 0 Å². The molecule has 0 radical (unpaired) electrons. The van der Waals surface area contributed by atoms with E-state index >= 15 is 0 Å². The second-order valence-electron chi connectivity index (χ2n) is 3.43. The summed E-state index contributed by atoms with van der Waals surface area (Å²) in [5.41, 5.74) is 6.22. The number of primary amides is 1. The largest absolute Gasteiger partial charge is 0.382 e. The molecule has 0 aliphatic heterocycles. The highest BCUT2D eigenvalue weighted by atomic mass is 16.3. The van der Waals surface area contributed by atoms with Crippen LogP contribution in [0, 0.1) is 0 Å². The van der Waals surface area contributed by atoms with Crippen molar-refractivity contribution in [1.82, 2.24) is 0 Å². The molecular formula is C11H14N2O3. The maximum Gasteiger partial charge on any atom is 0.248 e. The summed E-state index contributed by atoms with van der Waals surface area (Å²) in [6.07, 6.45) is -1.22. The van der Waals surface area contributed by atoms with E-state index in [1.807, 2.05) is 0 Å². The van der Waals surface area contributed by atoms with Crippen LogP contribution in [0.1, 0.15) is 17.3 Å². The molecule has 1 aromatic rings. The summed E-state index contributed by atoms with van der Waals surface area (Å²) in [5.74, 6) is -0.781. The molecular weight excluding hydrogens is 208 g/mol. The molecule has 0 heterocycles. The Balaban J connectivity index is 2.56. The Labute approximate surface area is 93.3 Å². The number of rotatable bonds is 5. The zero-order chi connectivity index (χ0) is 12.1. The summed E-state index contributed by atoms with van der Waals surface area (Å²) in [5, 5.41) is 12.0. The number of nitrogens with one attached hydrogen (secondary N) is 1. The molecule has 4 N–H and O–H groups in total. The summed E-state index contributed by atoms with van der Waals surface area (Å²) in [7, 11) is 0. The van der Waals surface area contributed by atoms with Gasteiger partial charge < -0.3 is 16.2 Å². The first-order valence-corrected chi connectivity index (χ1v) is 4.83. The molecule has 1 amide bonds. The second kappa shape index (κ2) is 5.27. The van der Waals surface area contributed by atoms with Crippen LogP contribution in [0.4, 0.5) is 5.69 Å². The van der Waals surface area contributed by atoms with Gasteiger partial charge in [0.15, 0.2) is 5.78 Å². The number of benzene rings is 1. The maximum absolute atomic E-state index is 11.0. The number of nitrogens with two attached hydrogens (primary N) is 1. The van der Waals surface area contributed by atoms with Gasteiger partial charge >= 0.3 is 0 Å². The number of hydrogen-bond acceptors (Lipinski definition) is 4. The van der Waals surface area contributed by atoms with Crippen LogP contribution in [0.3, 0.4) is 0 Å². The van der Waals surface area contributed by atoms with Gasteiger partial charge in [-0.25, -0.2) is 0 Å². The predicted molar refractivity (Wildman–Crippen MR) is 60.1 cm³/mol. The Hall–Kier alpha value is -1.88. The normalized spacial score (nSPS) is 11.9. The average molecular weight is 222 g/mol. The minimum atomic E-state index is -1.22.